The van der Waals surface area contributed by atoms with E-state index in [4.69, 9.17) is 14.8 Å². The summed E-state index contributed by atoms with van der Waals surface area (Å²) in [5, 5.41) is 5.16. The predicted octanol–water partition coefficient (Wildman–Crippen LogP) is 6.09. The molecule has 2 aliphatic heterocycles. The number of ether oxygens (including phenoxy) is 1. The summed E-state index contributed by atoms with van der Waals surface area (Å²) in [4.78, 5) is 5.08. The van der Waals surface area contributed by atoms with Gasteiger partial charge in [-0.1, -0.05) is 24.6 Å². The van der Waals surface area contributed by atoms with Crippen LogP contribution in [0.3, 0.4) is 0 Å². The number of halogens is 2. The fraction of sp³-hybridized carbons (Fsp3) is 0.357. The van der Waals surface area contributed by atoms with Gasteiger partial charge in [-0.25, -0.2) is 26.9 Å². The molecule has 10 heteroatoms. The third kappa shape index (κ3) is 4.16. The monoisotopic (exact) mass is 538 g/mol. The molecule has 2 aromatic heterocycles. The number of aryl methyl sites for hydroxylation is 1. The van der Waals surface area contributed by atoms with E-state index in [0.29, 0.717) is 53.2 Å². The zero-order valence-corrected chi connectivity index (χ0v) is 22.0. The first-order valence-electron chi connectivity index (χ1n) is 12.8. The van der Waals surface area contributed by atoms with Crippen molar-refractivity contribution in [2.24, 2.45) is 0 Å². The largest absolute Gasteiger partial charge is 0.356 e. The van der Waals surface area contributed by atoms with Crippen molar-refractivity contribution < 1.29 is 21.9 Å². The molecule has 2 aliphatic rings. The molecular weight excluding hydrogens is 510 g/mol. The topological polar surface area (TPSA) is 77.3 Å². The van der Waals surface area contributed by atoms with Crippen molar-refractivity contribution in [3.05, 3.63) is 71.4 Å². The molecule has 1 fully saturated rings. The van der Waals surface area contributed by atoms with Gasteiger partial charge in [-0.2, -0.15) is 5.10 Å². The normalized spacial score (nSPS) is 20.1. The lowest BCUT2D eigenvalue weighted by atomic mass is 9.97. The van der Waals surface area contributed by atoms with Crippen molar-refractivity contribution in [1.82, 2.24) is 14.8 Å². The second-order valence-corrected chi connectivity index (χ2v) is 11.9. The molecular formula is C28H28F2N4O3S. The van der Waals surface area contributed by atoms with Crippen LogP contribution in [0.2, 0.25) is 0 Å². The number of sulfonamides is 1. The van der Waals surface area contributed by atoms with Crippen LogP contribution < -0.4 is 4.31 Å². The molecule has 2 atom stereocenters. The van der Waals surface area contributed by atoms with Crippen molar-refractivity contribution in [2.45, 2.75) is 56.6 Å². The molecule has 6 rings (SSSR count). The number of anilines is 1. The lowest BCUT2D eigenvalue weighted by molar-refractivity contribution is -0.0365. The van der Waals surface area contributed by atoms with Crippen molar-refractivity contribution in [3.8, 4) is 11.4 Å². The minimum absolute atomic E-state index is 0.00127. The number of aromatic nitrogens is 3. The van der Waals surface area contributed by atoms with Gasteiger partial charge >= 0.3 is 0 Å². The van der Waals surface area contributed by atoms with Crippen molar-refractivity contribution in [1.29, 1.82) is 0 Å². The maximum Gasteiger partial charge on any atom is 0.264 e. The maximum absolute atomic E-state index is 14.4. The smallest absolute Gasteiger partial charge is 0.264 e. The van der Waals surface area contributed by atoms with E-state index in [0.717, 1.165) is 37.0 Å². The van der Waals surface area contributed by atoms with Crippen molar-refractivity contribution in [3.63, 3.8) is 0 Å². The lowest BCUT2D eigenvalue weighted by Crippen LogP contribution is -2.36. The van der Waals surface area contributed by atoms with Crippen LogP contribution in [-0.4, -0.2) is 36.3 Å². The van der Waals surface area contributed by atoms with Gasteiger partial charge in [0.2, 0.25) is 0 Å². The summed E-state index contributed by atoms with van der Waals surface area (Å²) >= 11 is 0. The van der Waals surface area contributed by atoms with Gasteiger partial charge in [-0.05, 0) is 62.9 Å². The lowest BCUT2D eigenvalue weighted by Gasteiger charge is -2.33. The van der Waals surface area contributed by atoms with Gasteiger partial charge in [0.15, 0.2) is 17.9 Å². The molecule has 198 valence electrons. The summed E-state index contributed by atoms with van der Waals surface area (Å²) in [7, 11) is -3.78. The summed E-state index contributed by atoms with van der Waals surface area (Å²) in [5.74, 6) is -1.92. The molecule has 4 aromatic rings. The van der Waals surface area contributed by atoms with E-state index < -0.39 is 21.7 Å². The number of nitrogens with zero attached hydrogens (tertiary/aromatic N) is 4. The summed E-state index contributed by atoms with van der Waals surface area (Å²) in [5.41, 5.74) is 3.43. The Morgan fingerprint density at radius 2 is 1.76 bits per heavy atom. The van der Waals surface area contributed by atoms with Gasteiger partial charge in [0.1, 0.15) is 5.69 Å². The molecule has 7 nitrogen and oxygen atoms in total. The first-order chi connectivity index (χ1) is 18.2. The number of pyridine rings is 1. The Labute approximate surface area is 220 Å². The average molecular weight is 539 g/mol. The summed E-state index contributed by atoms with van der Waals surface area (Å²) in [6.07, 6.45) is 2.83. The first kappa shape index (κ1) is 24.9. The molecule has 2 aromatic carbocycles. The minimum Gasteiger partial charge on any atom is -0.356 e. The van der Waals surface area contributed by atoms with Gasteiger partial charge < -0.3 is 4.74 Å². The van der Waals surface area contributed by atoms with Crippen LogP contribution in [0, 0.1) is 18.6 Å². The van der Waals surface area contributed by atoms with E-state index in [1.54, 1.807) is 41.1 Å². The van der Waals surface area contributed by atoms with Crippen LogP contribution in [0.25, 0.3) is 22.3 Å². The number of fused-ring (bicyclic) bond motifs is 2. The second-order valence-electron chi connectivity index (χ2n) is 10.1. The highest BCUT2D eigenvalue weighted by Gasteiger charge is 2.33. The van der Waals surface area contributed by atoms with E-state index in [-0.39, 0.29) is 17.0 Å². The Morgan fingerprint density at radius 1 is 1.00 bits per heavy atom. The van der Waals surface area contributed by atoms with E-state index in [1.165, 1.54) is 4.31 Å². The van der Waals surface area contributed by atoms with Crippen LogP contribution >= 0.6 is 0 Å². The highest BCUT2D eigenvalue weighted by Crippen LogP contribution is 2.40. The predicted molar refractivity (Wildman–Crippen MR) is 140 cm³/mol. The molecule has 0 radical (unpaired) electrons. The molecule has 0 aliphatic carbocycles. The molecule has 2 unspecified atom stereocenters. The van der Waals surface area contributed by atoms with E-state index in [1.807, 2.05) is 13.8 Å². The fourth-order valence-electron chi connectivity index (χ4n) is 5.28. The highest BCUT2D eigenvalue weighted by molar-refractivity contribution is 7.92. The van der Waals surface area contributed by atoms with Gasteiger partial charge in [0.05, 0.1) is 27.5 Å². The standard InChI is InChI=1S/C28H28F2N4O3S/c1-17-6-8-19(9-7-17)38(35,36)33-13-12-18(2)27-24(33)11-10-23(31-27)28-20-15-21(29)22(30)16-25(20)34(32-28)26-5-3-4-14-37-26/h6-11,15-16,18,26H,3-5,12-14H2,1-2H3. The molecule has 0 amide bonds. The van der Waals surface area contributed by atoms with Crippen molar-refractivity contribution >= 4 is 26.6 Å². The Morgan fingerprint density at radius 3 is 2.50 bits per heavy atom. The quantitative estimate of drug-likeness (QED) is 0.314. The van der Waals surface area contributed by atoms with Gasteiger partial charge in [-0.15, -0.1) is 0 Å². The summed E-state index contributed by atoms with van der Waals surface area (Å²) < 4.78 is 64.6. The highest BCUT2D eigenvalue weighted by atomic mass is 32.2. The maximum atomic E-state index is 14.4. The molecule has 0 bridgehead atoms. The van der Waals surface area contributed by atoms with Gasteiger partial charge in [0, 0.05) is 30.5 Å². The zero-order valence-electron chi connectivity index (χ0n) is 21.2. The average Bonchev–Trinajstić information content (AvgIpc) is 3.27. The Hall–Kier alpha value is -3.37. The Kier molecular flexibility index (Phi) is 6.19. The fourth-order valence-corrected chi connectivity index (χ4v) is 6.78. The van der Waals surface area contributed by atoms with Gasteiger partial charge in [0.25, 0.3) is 10.0 Å². The zero-order chi connectivity index (χ0) is 26.6. The SMILES string of the molecule is Cc1ccc(S(=O)(=O)N2CCC(C)c3nc(-c4nn(C5CCCCO5)c5cc(F)c(F)cc45)ccc32)cc1. The Balaban J connectivity index is 1.46. The summed E-state index contributed by atoms with van der Waals surface area (Å²) in [6.45, 7) is 4.83. The van der Waals surface area contributed by atoms with Crippen LogP contribution in [0.1, 0.15) is 56.0 Å². The molecule has 4 heterocycles. The van der Waals surface area contributed by atoms with E-state index in [9.17, 15) is 17.2 Å². The van der Waals surface area contributed by atoms with Crippen LogP contribution in [0.4, 0.5) is 14.5 Å². The molecule has 0 spiro atoms. The number of hydrogen-bond donors (Lipinski definition) is 0. The second kappa shape index (κ2) is 9.43. The molecule has 1 saturated heterocycles. The first-order valence-corrected chi connectivity index (χ1v) is 14.3. The van der Waals surface area contributed by atoms with Crippen LogP contribution in [0.15, 0.2) is 53.4 Å². The van der Waals surface area contributed by atoms with Crippen molar-refractivity contribution in [2.75, 3.05) is 17.5 Å². The minimum atomic E-state index is -3.78. The number of hydrogen-bond acceptors (Lipinski definition) is 5. The van der Waals surface area contributed by atoms with E-state index in [2.05, 4.69) is 0 Å². The van der Waals surface area contributed by atoms with Crippen LogP contribution in [0.5, 0.6) is 0 Å². The van der Waals surface area contributed by atoms with Crippen LogP contribution in [-0.2, 0) is 14.8 Å². The van der Waals surface area contributed by atoms with E-state index >= 15 is 0 Å². The molecule has 0 saturated carbocycles. The number of benzene rings is 2. The summed E-state index contributed by atoms with van der Waals surface area (Å²) in [6, 6.07) is 12.5. The molecule has 38 heavy (non-hydrogen) atoms. The third-order valence-electron chi connectivity index (χ3n) is 7.43. The molecule has 0 N–H and O–H groups in total. The van der Waals surface area contributed by atoms with Gasteiger partial charge in [-0.3, -0.25) is 4.31 Å². The third-order valence-corrected chi connectivity index (χ3v) is 9.26. The number of rotatable bonds is 4. The Bertz CT molecular complexity index is 1630.